The molecule has 1 heterocycles. The predicted molar refractivity (Wildman–Crippen MR) is 81.6 cm³/mol. The second-order valence-electron chi connectivity index (χ2n) is 4.31. The van der Waals surface area contributed by atoms with Crippen LogP contribution in [0.25, 0.3) is 11.3 Å². The first-order chi connectivity index (χ1) is 9.83. The van der Waals surface area contributed by atoms with Gasteiger partial charge < -0.3 is 9.90 Å². The lowest BCUT2D eigenvalue weighted by atomic mass is 10.0. The van der Waals surface area contributed by atoms with E-state index in [0.717, 1.165) is 43.1 Å². The van der Waals surface area contributed by atoms with Gasteiger partial charge in [0.05, 0.1) is 5.69 Å². The van der Waals surface area contributed by atoms with E-state index in [2.05, 4.69) is 36.2 Å². The van der Waals surface area contributed by atoms with Gasteiger partial charge in [-0.15, -0.1) is 0 Å². The third-order valence-electron chi connectivity index (χ3n) is 3.01. The Balaban J connectivity index is 0.000000956. The summed E-state index contributed by atoms with van der Waals surface area (Å²) < 4.78 is 0. The van der Waals surface area contributed by atoms with Gasteiger partial charge in [0, 0.05) is 25.3 Å². The molecule has 0 fully saturated rings. The second-order valence-corrected chi connectivity index (χ2v) is 4.31. The molecule has 0 amide bonds. The maximum Gasteiger partial charge on any atom is 0.120 e. The molecule has 3 nitrogen and oxygen atoms in total. The molecule has 20 heavy (non-hydrogen) atoms. The van der Waals surface area contributed by atoms with E-state index in [0.29, 0.717) is 6.42 Å². The van der Waals surface area contributed by atoms with E-state index in [1.165, 1.54) is 5.56 Å². The number of nitrogens with zero attached hydrogens (tertiary/aromatic N) is 1. The first kappa shape index (κ1) is 16.1. The molecule has 3 heteroatoms. The Morgan fingerprint density at radius 1 is 1.15 bits per heavy atom. The third kappa shape index (κ3) is 4.59. The monoisotopic (exact) mass is 271 g/mol. The van der Waals surface area contributed by atoms with Gasteiger partial charge in [-0.25, -0.2) is 0 Å². The van der Waals surface area contributed by atoms with Gasteiger partial charge in [0.25, 0.3) is 0 Å². The molecule has 0 radical (unpaired) electrons. The second kappa shape index (κ2) is 8.99. The summed E-state index contributed by atoms with van der Waals surface area (Å²) in [6.07, 6.45) is 5.17. The van der Waals surface area contributed by atoms with Gasteiger partial charge in [0.1, 0.15) is 6.29 Å². The number of carbonyl (C=O) groups is 1. The summed E-state index contributed by atoms with van der Waals surface area (Å²) in [7, 11) is 1.00. The lowest BCUT2D eigenvalue weighted by Crippen LogP contribution is -1.90. The summed E-state index contributed by atoms with van der Waals surface area (Å²) in [4.78, 5) is 14.8. The van der Waals surface area contributed by atoms with Gasteiger partial charge in [-0.05, 0) is 36.1 Å². The van der Waals surface area contributed by atoms with E-state index in [-0.39, 0.29) is 0 Å². The van der Waals surface area contributed by atoms with Crippen molar-refractivity contribution in [1.82, 2.24) is 4.98 Å². The molecule has 0 spiro atoms. The van der Waals surface area contributed by atoms with Crippen LogP contribution >= 0.6 is 0 Å². The van der Waals surface area contributed by atoms with E-state index in [1.54, 1.807) is 0 Å². The highest BCUT2D eigenvalue weighted by molar-refractivity contribution is 5.60. The Bertz CT molecular complexity index is 521. The number of pyridine rings is 1. The molecule has 0 saturated heterocycles. The number of aromatic nitrogens is 1. The highest BCUT2D eigenvalue weighted by Gasteiger charge is 2.00. The maximum atomic E-state index is 10.3. The van der Waals surface area contributed by atoms with Gasteiger partial charge in [-0.2, -0.15) is 0 Å². The molecular formula is C17H21NO2. The minimum atomic E-state index is 0.562. The van der Waals surface area contributed by atoms with Crippen molar-refractivity contribution in [2.45, 2.75) is 26.2 Å². The maximum absolute atomic E-state index is 10.3. The molecule has 1 N–H and O–H groups in total. The quantitative estimate of drug-likeness (QED) is 0.850. The van der Waals surface area contributed by atoms with Gasteiger partial charge >= 0.3 is 0 Å². The van der Waals surface area contributed by atoms with E-state index < -0.39 is 0 Å². The first-order valence-corrected chi connectivity index (χ1v) is 6.76. The SMILES string of the molecule is CCc1cccc(-c2ccc(CCC=O)cn2)c1.CO. The number of aryl methyl sites for hydroxylation is 2. The highest BCUT2D eigenvalue weighted by Crippen LogP contribution is 2.19. The molecule has 106 valence electrons. The predicted octanol–water partition coefficient (Wildman–Crippen LogP) is 3.05. The normalized spacial score (nSPS) is 9.55. The van der Waals surface area contributed by atoms with Gasteiger partial charge in [0.15, 0.2) is 0 Å². The topological polar surface area (TPSA) is 50.2 Å². The molecule has 0 unspecified atom stereocenters. The van der Waals surface area contributed by atoms with Gasteiger partial charge in [-0.1, -0.05) is 31.2 Å². The van der Waals surface area contributed by atoms with Crippen LogP contribution in [-0.4, -0.2) is 23.5 Å². The van der Waals surface area contributed by atoms with Crippen LogP contribution < -0.4 is 0 Å². The van der Waals surface area contributed by atoms with Crippen molar-refractivity contribution in [3.63, 3.8) is 0 Å². The zero-order valence-electron chi connectivity index (χ0n) is 12.0. The van der Waals surface area contributed by atoms with Crippen LogP contribution in [0.15, 0.2) is 42.6 Å². The summed E-state index contributed by atoms with van der Waals surface area (Å²) in [5, 5.41) is 7.00. The van der Waals surface area contributed by atoms with Gasteiger partial charge in [0.2, 0.25) is 0 Å². The number of hydrogen-bond acceptors (Lipinski definition) is 3. The Morgan fingerprint density at radius 2 is 1.95 bits per heavy atom. The minimum Gasteiger partial charge on any atom is -0.400 e. The van der Waals surface area contributed by atoms with E-state index >= 15 is 0 Å². The molecule has 0 saturated carbocycles. The van der Waals surface area contributed by atoms with E-state index in [9.17, 15) is 4.79 Å². The van der Waals surface area contributed by atoms with Crippen LogP contribution in [0.3, 0.4) is 0 Å². The zero-order chi connectivity index (χ0) is 14.8. The van der Waals surface area contributed by atoms with Crippen LogP contribution in [0.2, 0.25) is 0 Å². The van der Waals surface area contributed by atoms with Crippen molar-refractivity contribution in [3.05, 3.63) is 53.7 Å². The summed E-state index contributed by atoms with van der Waals surface area (Å²) in [6.45, 7) is 2.15. The van der Waals surface area contributed by atoms with Crippen LogP contribution in [0.1, 0.15) is 24.5 Å². The fourth-order valence-corrected chi connectivity index (χ4v) is 1.92. The Hall–Kier alpha value is -2.00. The zero-order valence-corrected chi connectivity index (χ0v) is 12.0. The molecule has 0 atom stereocenters. The lowest BCUT2D eigenvalue weighted by Gasteiger charge is -2.04. The fourth-order valence-electron chi connectivity index (χ4n) is 1.92. The molecule has 0 aliphatic rings. The molecule has 0 aliphatic carbocycles. The number of hydrogen-bond donors (Lipinski definition) is 1. The van der Waals surface area contributed by atoms with Crippen LogP contribution in [0, 0.1) is 0 Å². The molecule has 2 aromatic rings. The Kier molecular flexibility index (Phi) is 7.22. The van der Waals surface area contributed by atoms with Crippen LogP contribution in [0.5, 0.6) is 0 Å². The average molecular weight is 271 g/mol. The largest absolute Gasteiger partial charge is 0.400 e. The van der Waals surface area contributed by atoms with Crippen molar-refractivity contribution >= 4 is 6.29 Å². The number of benzene rings is 1. The smallest absolute Gasteiger partial charge is 0.120 e. The lowest BCUT2D eigenvalue weighted by molar-refractivity contribution is -0.107. The number of aliphatic hydroxyl groups is 1. The fraction of sp³-hybridized carbons (Fsp3) is 0.294. The van der Waals surface area contributed by atoms with Crippen LogP contribution in [0.4, 0.5) is 0 Å². The highest BCUT2D eigenvalue weighted by atomic mass is 16.2. The minimum absolute atomic E-state index is 0.562. The average Bonchev–Trinajstić information content (AvgIpc) is 2.55. The molecule has 2 rings (SSSR count). The van der Waals surface area contributed by atoms with Crippen molar-refractivity contribution < 1.29 is 9.90 Å². The summed E-state index contributed by atoms with van der Waals surface area (Å²) in [5.74, 6) is 0. The van der Waals surface area contributed by atoms with Crippen molar-refractivity contribution in [2.75, 3.05) is 7.11 Å². The summed E-state index contributed by atoms with van der Waals surface area (Å²) in [5.41, 5.74) is 4.56. The van der Waals surface area contributed by atoms with Crippen LogP contribution in [-0.2, 0) is 17.6 Å². The Labute approximate surface area is 120 Å². The van der Waals surface area contributed by atoms with Crippen molar-refractivity contribution in [2.24, 2.45) is 0 Å². The first-order valence-electron chi connectivity index (χ1n) is 6.76. The van der Waals surface area contributed by atoms with Crippen molar-refractivity contribution in [1.29, 1.82) is 0 Å². The molecule has 0 aliphatic heterocycles. The number of carbonyl (C=O) groups excluding carboxylic acids is 1. The number of aliphatic hydroxyl groups excluding tert-OH is 1. The molecule has 1 aromatic carbocycles. The standard InChI is InChI=1S/C16H17NO.CH4O/c1-2-13-5-3-7-15(11-13)16-9-8-14(12-17-16)6-4-10-18;1-2/h3,5,7-12H,2,4,6H2,1H3;2H,1H3. The Morgan fingerprint density at radius 3 is 2.55 bits per heavy atom. The molecule has 1 aromatic heterocycles. The third-order valence-corrected chi connectivity index (χ3v) is 3.01. The van der Waals surface area contributed by atoms with E-state index in [1.807, 2.05) is 18.3 Å². The van der Waals surface area contributed by atoms with Gasteiger partial charge in [-0.3, -0.25) is 4.98 Å². The summed E-state index contributed by atoms with van der Waals surface area (Å²) >= 11 is 0. The molecular weight excluding hydrogens is 250 g/mol. The van der Waals surface area contributed by atoms with Crippen molar-refractivity contribution in [3.8, 4) is 11.3 Å². The molecule has 0 bridgehead atoms. The number of aldehydes is 1. The number of rotatable bonds is 5. The summed E-state index contributed by atoms with van der Waals surface area (Å²) in [6, 6.07) is 12.5. The van der Waals surface area contributed by atoms with E-state index in [4.69, 9.17) is 5.11 Å².